The van der Waals surface area contributed by atoms with Crippen molar-refractivity contribution in [1.82, 2.24) is 4.90 Å². The summed E-state index contributed by atoms with van der Waals surface area (Å²) in [7, 11) is 0. The summed E-state index contributed by atoms with van der Waals surface area (Å²) < 4.78 is 5.30. The van der Waals surface area contributed by atoms with Gasteiger partial charge < -0.3 is 14.7 Å². The lowest BCUT2D eigenvalue weighted by Crippen LogP contribution is -2.40. The number of carbonyl (C=O) groups excluding carboxylic acids is 1. The molecule has 0 aliphatic carbocycles. The van der Waals surface area contributed by atoms with E-state index in [-0.39, 0.29) is 12.7 Å². The molecule has 0 radical (unpaired) electrons. The molecule has 0 spiro atoms. The van der Waals surface area contributed by atoms with Gasteiger partial charge in [0.1, 0.15) is 5.60 Å². The van der Waals surface area contributed by atoms with Gasteiger partial charge in [0.05, 0.1) is 6.61 Å². The Morgan fingerprint density at radius 2 is 2.12 bits per heavy atom. The Morgan fingerprint density at radius 3 is 2.56 bits per heavy atom. The molecule has 16 heavy (non-hydrogen) atoms. The molecule has 1 N–H and O–H groups in total. The molecule has 0 atom stereocenters. The summed E-state index contributed by atoms with van der Waals surface area (Å²) in [6, 6.07) is 0. The van der Waals surface area contributed by atoms with Crippen LogP contribution in [-0.4, -0.2) is 41.4 Å². The number of carbonyl (C=O) groups is 1. The molecule has 1 aliphatic rings. The molecule has 1 rings (SSSR count). The molecule has 0 bridgehead atoms. The Bertz CT molecular complexity index is 302. The lowest BCUT2D eigenvalue weighted by molar-refractivity contribution is 0.0257. The smallest absolute Gasteiger partial charge is 0.410 e. The first kappa shape index (κ1) is 13.0. The van der Waals surface area contributed by atoms with Gasteiger partial charge in [-0.25, -0.2) is 4.79 Å². The van der Waals surface area contributed by atoms with Gasteiger partial charge in [0.2, 0.25) is 0 Å². The fraction of sp³-hybridized carbons (Fsp3) is 0.750. The summed E-state index contributed by atoms with van der Waals surface area (Å²) in [5.41, 5.74) is 1.66. The van der Waals surface area contributed by atoms with Gasteiger partial charge in [0, 0.05) is 13.1 Å². The average Bonchev–Trinajstić information content (AvgIpc) is 2.15. The van der Waals surface area contributed by atoms with E-state index in [1.54, 1.807) is 4.90 Å². The summed E-state index contributed by atoms with van der Waals surface area (Å²) >= 11 is 0. The van der Waals surface area contributed by atoms with Crippen molar-refractivity contribution in [3.05, 3.63) is 11.1 Å². The molecule has 0 aromatic carbocycles. The van der Waals surface area contributed by atoms with Crippen molar-refractivity contribution in [2.24, 2.45) is 0 Å². The van der Waals surface area contributed by atoms with Crippen LogP contribution in [0.25, 0.3) is 0 Å². The van der Waals surface area contributed by atoms with Gasteiger partial charge in [0.15, 0.2) is 0 Å². The van der Waals surface area contributed by atoms with Gasteiger partial charge in [-0.1, -0.05) is 5.57 Å². The van der Waals surface area contributed by atoms with E-state index in [9.17, 15) is 4.79 Å². The van der Waals surface area contributed by atoms with E-state index in [4.69, 9.17) is 9.84 Å². The van der Waals surface area contributed by atoms with Gasteiger partial charge in [-0.15, -0.1) is 0 Å². The highest BCUT2D eigenvalue weighted by atomic mass is 16.6. The van der Waals surface area contributed by atoms with Crippen LogP contribution in [0.2, 0.25) is 0 Å². The molecule has 0 fully saturated rings. The van der Waals surface area contributed by atoms with Crippen LogP contribution in [-0.2, 0) is 4.74 Å². The van der Waals surface area contributed by atoms with E-state index in [0.29, 0.717) is 13.1 Å². The Kier molecular flexibility index (Phi) is 3.97. The Hall–Kier alpha value is -1.03. The summed E-state index contributed by atoms with van der Waals surface area (Å²) in [5.74, 6) is 0. The van der Waals surface area contributed by atoms with E-state index >= 15 is 0 Å². The molecular formula is C12H21NO3. The number of ether oxygens (including phenoxy) is 1. The fourth-order valence-corrected chi connectivity index (χ4v) is 1.66. The zero-order chi connectivity index (χ0) is 12.3. The number of rotatable bonds is 1. The molecule has 0 saturated carbocycles. The van der Waals surface area contributed by atoms with Crippen molar-refractivity contribution in [3.8, 4) is 0 Å². The lowest BCUT2D eigenvalue weighted by Gasteiger charge is -2.31. The van der Waals surface area contributed by atoms with Gasteiger partial charge >= 0.3 is 6.09 Å². The molecule has 0 aromatic heterocycles. The molecule has 0 aromatic rings. The van der Waals surface area contributed by atoms with Crippen LogP contribution in [0.15, 0.2) is 11.1 Å². The van der Waals surface area contributed by atoms with Crippen LogP contribution in [0.5, 0.6) is 0 Å². The molecular weight excluding hydrogens is 206 g/mol. The molecule has 1 aliphatic heterocycles. The van der Waals surface area contributed by atoms with Crippen molar-refractivity contribution in [1.29, 1.82) is 0 Å². The predicted molar refractivity (Wildman–Crippen MR) is 62.2 cm³/mol. The number of hydrogen-bond acceptors (Lipinski definition) is 3. The molecule has 1 amide bonds. The molecule has 4 nitrogen and oxygen atoms in total. The van der Waals surface area contributed by atoms with Gasteiger partial charge in [-0.05, 0) is 39.7 Å². The van der Waals surface area contributed by atoms with Gasteiger partial charge in [-0.2, -0.15) is 0 Å². The number of amides is 1. The van der Waals surface area contributed by atoms with Gasteiger partial charge in [0.25, 0.3) is 0 Å². The highest BCUT2D eigenvalue weighted by molar-refractivity contribution is 5.68. The van der Waals surface area contributed by atoms with Crippen LogP contribution in [0.1, 0.15) is 34.1 Å². The van der Waals surface area contributed by atoms with Crippen molar-refractivity contribution in [3.63, 3.8) is 0 Å². The van der Waals surface area contributed by atoms with Crippen LogP contribution in [0.4, 0.5) is 4.79 Å². The van der Waals surface area contributed by atoms with Crippen molar-refractivity contribution < 1.29 is 14.6 Å². The average molecular weight is 227 g/mol. The molecule has 0 saturated heterocycles. The summed E-state index contributed by atoms with van der Waals surface area (Å²) in [6.07, 6.45) is 0.463. The number of aliphatic hydroxyl groups is 1. The number of hydrogen-bond donors (Lipinski definition) is 1. The minimum Gasteiger partial charge on any atom is -0.444 e. The van der Waals surface area contributed by atoms with Crippen LogP contribution in [0.3, 0.4) is 0 Å². The van der Waals surface area contributed by atoms with E-state index in [1.165, 1.54) is 0 Å². The SMILES string of the molecule is CC1=C(CO)CCN(C(=O)OC(C)(C)C)C1. The Balaban J connectivity index is 2.59. The maximum absolute atomic E-state index is 11.8. The van der Waals surface area contributed by atoms with Crippen molar-refractivity contribution in [2.75, 3.05) is 19.7 Å². The van der Waals surface area contributed by atoms with Crippen molar-refractivity contribution in [2.45, 2.75) is 39.7 Å². The first-order chi connectivity index (χ1) is 7.33. The maximum atomic E-state index is 11.8. The normalized spacial score (nSPS) is 17.7. The second-order valence-electron chi connectivity index (χ2n) is 5.19. The summed E-state index contributed by atoms with van der Waals surface area (Å²) in [4.78, 5) is 13.5. The third kappa shape index (κ3) is 3.52. The molecule has 92 valence electrons. The maximum Gasteiger partial charge on any atom is 0.410 e. The number of aliphatic hydroxyl groups excluding tert-OH is 1. The Morgan fingerprint density at radius 1 is 1.50 bits per heavy atom. The fourth-order valence-electron chi connectivity index (χ4n) is 1.66. The van der Waals surface area contributed by atoms with Crippen LogP contribution < -0.4 is 0 Å². The van der Waals surface area contributed by atoms with Crippen LogP contribution in [0, 0.1) is 0 Å². The quantitative estimate of drug-likeness (QED) is 0.696. The molecule has 1 heterocycles. The first-order valence-electron chi connectivity index (χ1n) is 5.60. The largest absolute Gasteiger partial charge is 0.444 e. The minimum absolute atomic E-state index is 0.0913. The van der Waals surface area contributed by atoms with E-state index in [2.05, 4.69) is 0 Å². The second-order valence-corrected chi connectivity index (χ2v) is 5.19. The zero-order valence-electron chi connectivity index (χ0n) is 10.5. The minimum atomic E-state index is -0.452. The lowest BCUT2D eigenvalue weighted by atomic mass is 10.0. The third-order valence-electron chi connectivity index (χ3n) is 2.56. The molecule has 0 unspecified atom stereocenters. The highest BCUT2D eigenvalue weighted by Crippen LogP contribution is 2.19. The predicted octanol–water partition coefficient (Wildman–Crippen LogP) is 1.94. The summed E-state index contributed by atoms with van der Waals surface area (Å²) in [5, 5.41) is 9.08. The molecule has 4 heteroatoms. The third-order valence-corrected chi connectivity index (χ3v) is 2.56. The van der Waals surface area contributed by atoms with E-state index in [0.717, 1.165) is 17.6 Å². The van der Waals surface area contributed by atoms with Crippen molar-refractivity contribution >= 4 is 6.09 Å². The topological polar surface area (TPSA) is 49.8 Å². The first-order valence-corrected chi connectivity index (χ1v) is 5.60. The van der Waals surface area contributed by atoms with E-state index in [1.807, 2.05) is 27.7 Å². The highest BCUT2D eigenvalue weighted by Gasteiger charge is 2.25. The monoisotopic (exact) mass is 227 g/mol. The summed E-state index contributed by atoms with van der Waals surface area (Å²) in [6.45, 7) is 8.80. The van der Waals surface area contributed by atoms with Crippen LogP contribution >= 0.6 is 0 Å². The van der Waals surface area contributed by atoms with Gasteiger partial charge in [-0.3, -0.25) is 0 Å². The Labute approximate surface area is 96.9 Å². The zero-order valence-corrected chi connectivity index (χ0v) is 10.5. The van der Waals surface area contributed by atoms with E-state index < -0.39 is 5.60 Å². The standard InChI is InChI=1S/C12H21NO3/c1-9-7-13(6-5-10(9)8-14)11(15)16-12(2,3)4/h14H,5-8H2,1-4H3. The number of nitrogens with zero attached hydrogens (tertiary/aromatic N) is 1. The second kappa shape index (κ2) is 4.87.